The van der Waals surface area contributed by atoms with E-state index in [4.69, 9.17) is 0 Å². The maximum absolute atomic E-state index is 13.1. The van der Waals surface area contributed by atoms with E-state index in [0.29, 0.717) is 12.6 Å². The Morgan fingerprint density at radius 2 is 2.08 bits per heavy atom. The van der Waals surface area contributed by atoms with Gasteiger partial charge in [0.15, 0.2) is 0 Å². The van der Waals surface area contributed by atoms with Crippen molar-refractivity contribution in [2.45, 2.75) is 32.9 Å². The summed E-state index contributed by atoms with van der Waals surface area (Å²) in [6, 6.07) is 8.38. The van der Waals surface area contributed by atoms with Gasteiger partial charge < -0.3 is 19.7 Å². The highest BCUT2D eigenvalue weighted by atomic mass is 16.2. The number of amides is 1. The summed E-state index contributed by atoms with van der Waals surface area (Å²) in [4.78, 5) is 21.9. The summed E-state index contributed by atoms with van der Waals surface area (Å²) in [5.41, 5.74) is 1.88. The minimum Gasteiger partial charge on any atom is -0.369 e. The van der Waals surface area contributed by atoms with Crippen LogP contribution >= 0.6 is 0 Å². The molecule has 26 heavy (non-hydrogen) atoms. The van der Waals surface area contributed by atoms with Gasteiger partial charge in [0.1, 0.15) is 11.9 Å². The van der Waals surface area contributed by atoms with E-state index >= 15 is 0 Å². The van der Waals surface area contributed by atoms with Gasteiger partial charge in [-0.05, 0) is 45.0 Å². The van der Waals surface area contributed by atoms with Crippen molar-refractivity contribution in [3.63, 3.8) is 0 Å². The van der Waals surface area contributed by atoms with E-state index in [1.165, 1.54) is 0 Å². The predicted molar refractivity (Wildman–Crippen MR) is 104 cm³/mol. The van der Waals surface area contributed by atoms with E-state index in [1.54, 1.807) is 6.20 Å². The Morgan fingerprint density at radius 3 is 2.65 bits per heavy atom. The number of nitrogens with zero attached hydrogens (tertiary/aromatic N) is 4. The van der Waals surface area contributed by atoms with Crippen LogP contribution in [0.3, 0.4) is 0 Å². The van der Waals surface area contributed by atoms with Crippen LogP contribution in [0.15, 0.2) is 36.7 Å². The van der Waals surface area contributed by atoms with Gasteiger partial charge >= 0.3 is 0 Å². The van der Waals surface area contributed by atoms with Crippen LogP contribution in [0, 0.1) is 0 Å². The Balaban J connectivity index is 1.82. The molecule has 140 valence electrons. The summed E-state index contributed by atoms with van der Waals surface area (Å²) >= 11 is 0. The number of piperazine rings is 1. The highest BCUT2D eigenvalue weighted by Crippen LogP contribution is 2.24. The zero-order valence-corrected chi connectivity index (χ0v) is 16.1. The fourth-order valence-corrected chi connectivity index (χ4v) is 3.68. The molecule has 0 radical (unpaired) electrons. The molecule has 3 rings (SSSR count). The molecule has 0 spiro atoms. The van der Waals surface area contributed by atoms with Crippen LogP contribution in [0.1, 0.15) is 43.0 Å². The minimum absolute atomic E-state index is 0.0428. The van der Waals surface area contributed by atoms with Crippen LogP contribution in [0.5, 0.6) is 0 Å². The largest absolute Gasteiger partial charge is 0.369 e. The molecule has 1 N–H and O–H groups in total. The monoisotopic (exact) mass is 355 g/mol. The van der Waals surface area contributed by atoms with Crippen LogP contribution < -0.4 is 10.2 Å². The van der Waals surface area contributed by atoms with Crippen LogP contribution in [-0.2, 0) is 7.05 Å². The number of carbonyl (C=O) groups excluding carboxylic acids is 1. The molecule has 0 saturated carbocycles. The molecule has 1 aliphatic heterocycles. The zero-order chi connectivity index (χ0) is 18.7. The van der Waals surface area contributed by atoms with Gasteiger partial charge in [-0.1, -0.05) is 0 Å². The van der Waals surface area contributed by atoms with Crippen molar-refractivity contribution in [3.05, 3.63) is 48.0 Å². The van der Waals surface area contributed by atoms with Crippen molar-refractivity contribution in [2.75, 3.05) is 31.1 Å². The van der Waals surface area contributed by atoms with Gasteiger partial charge in [0.2, 0.25) is 0 Å². The van der Waals surface area contributed by atoms with Crippen molar-refractivity contribution in [1.82, 2.24) is 19.8 Å². The molecule has 1 saturated heterocycles. The van der Waals surface area contributed by atoms with Gasteiger partial charge in [-0.2, -0.15) is 0 Å². The Hall–Kier alpha value is -2.34. The van der Waals surface area contributed by atoms with E-state index in [0.717, 1.165) is 36.7 Å². The van der Waals surface area contributed by atoms with Gasteiger partial charge in [-0.3, -0.25) is 4.79 Å². The third-order valence-electron chi connectivity index (χ3n) is 5.07. The van der Waals surface area contributed by atoms with Gasteiger partial charge in [-0.15, -0.1) is 0 Å². The Morgan fingerprint density at radius 1 is 1.35 bits per heavy atom. The number of benzene rings is 1. The molecule has 6 heteroatoms. The predicted octanol–water partition coefficient (Wildman–Crippen LogP) is 2.44. The standard InChI is InChI=1S/C20H29N5O/c1-5-24(15(2)3)17-8-6-16(7-9-17)20(26)25-13-10-21-14-18(25)19-22-11-12-23(19)4/h6-9,11-12,15,18,21H,5,10,13-14H2,1-4H3. The quantitative estimate of drug-likeness (QED) is 0.895. The first-order chi connectivity index (χ1) is 12.5. The van der Waals surface area contributed by atoms with E-state index in [-0.39, 0.29) is 11.9 Å². The summed E-state index contributed by atoms with van der Waals surface area (Å²) in [6.45, 7) is 9.68. The average molecular weight is 355 g/mol. The zero-order valence-electron chi connectivity index (χ0n) is 16.1. The van der Waals surface area contributed by atoms with E-state index in [9.17, 15) is 4.79 Å². The average Bonchev–Trinajstić information content (AvgIpc) is 3.08. The molecule has 1 atom stereocenters. The number of aromatic nitrogens is 2. The SMILES string of the molecule is CCN(c1ccc(C(=O)N2CCNCC2c2nccn2C)cc1)C(C)C. The summed E-state index contributed by atoms with van der Waals surface area (Å²) in [6.07, 6.45) is 3.71. The second-order valence-electron chi connectivity index (χ2n) is 7.04. The molecule has 1 fully saturated rings. The van der Waals surface area contributed by atoms with Crippen LogP contribution in [0.2, 0.25) is 0 Å². The smallest absolute Gasteiger partial charge is 0.254 e. The normalized spacial score (nSPS) is 17.6. The Kier molecular flexibility index (Phi) is 5.61. The maximum Gasteiger partial charge on any atom is 0.254 e. The third kappa shape index (κ3) is 3.60. The molecule has 1 unspecified atom stereocenters. The fourth-order valence-electron chi connectivity index (χ4n) is 3.68. The molecule has 1 aromatic heterocycles. The van der Waals surface area contributed by atoms with Gasteiger partial charge in [0, 0.05) is 62.9 Å². The molecular weight excluding hydrogens is 326 g/mol. The van der Waals surface area contributed by atoms with Crippen molar-refractivity contribution in [1.29, 1.82) is 0 Å². The van der Waals surface area contributed by atoms with Crippen molar-refractivity contribution in [3.8, 4) is 0 Å². The molecule has 0 aliphatic carbocycles. The number of rotatable bonds is 5. The minimum atomic E-state index is -0.0428. The Labute approximate surface area is 155 Å². The van der Waals surface area contributed by atoms with Crippen molar-refractivity contribution < 1.29 is 4.79 Å². The van der Waals surface area contributed by atoms with Crippen LogP contribution in [0.4, 0.5) is 5.69 Å². The second-order valence-corrected chi connectivity index (χ2v) is 7.04. The number of carbonyl (C=O) groups is 1. The first-order valence-corrected chi connectivity index (χ1v) is 9.38. The van der Waals surface area contributed by atoms with Gasteiger partial charge in [0.05, 0.1) is 0 Å². The van der Waals surface area contributed by atoms with E-state index < -0.39 is 0 Å². The number of anilines is 1. The molecule has 2 aromatic rings. The number of aryl methyl sites for hydroxylation is 1. The molecule has 1 aromatic carbocycles. The summed E-state index contributed by atoms with van der Waals surface area (Å²) in [5.74, 6) is 0.984. The fraction of sp³-hybridized carbons (Fsp3) is 0.500. The molecule has 1 amide bonds. The summed E-state index contributed by atoms with van der Waals surface area (Å²) < 4.78 is 1.99. The number of imidazole rings is 1. The van der Waals surface area contributed by atoms with E-state index in [2.05, 4.69) is 48.1 Å². The van der Waals surface area contributed by atoms with E-state index in [1.807, 2.05) is 34.8 Å². The first-order valence-electron chi connectivity index (χ1n) is 9.38. The Bertz CT molecular complexity index is 737. The molecular formula is C20H29N5O. The lowest BCUT2D eigenvalue weighted by molar-refractivity contribution is 0.0621. The topological polar surface area (TPSA) is 53.4 Å². The molecule has 1 aliphatic rings. The lowest BCUT2D eigenvalue weighted by atomic mass is 10.1. The lowest BCUT2D eigenvalue weighted by Crippen LogP contribution is -2.49. The van der Waals surface area contributed by atoms with Crippen molar-refractivity contribution >= 4 is 11.6 Å². The second kappa shape index (κ2) is 7.91. The molecule has 0 bridgehead atoms. The number of hydrogen-bond donors (Lipinski definition) is 1. The van der Waals surface area contributed by atoms with Gasteiger partial charge in [0.25, 0.3) is 5.91 Å². The number of nitrogens with one attached hydrogen (secondary N) is 1. The number of hydrogen-bond acceptors (Lipinski definition) is 4. The van der Waals surface area contributed by atoms with Gasteiger partial charge in [-0.25, -0.2) is 4.98 Å². The maximum atomic E-state index is 13.1. The van der Waals surface area contributed by atoms with Crippen molar-refractivity contribution in [2.24, 2.45) is 7.05 Å². The third-order valence-corrected chi connectivity index (χ3v) is 5.07. The highest BCUT2D eigenvalue weighted by Gasteiger charge is 2.31. The summed E-state index contributed by atoms with van der Waals surface area (Å²) in [7, 11) is 1.97. The molecule has 2 heterocycles. The first kappa shape index (κ1) is 18.5. The van der Waals surface area contributed by atoms with Crippen LogP contribution in [0.25, 0.3) is 0 Å². The van der Waals surface area contributed by atoms with Crippen LogP contribution in [-0.4, -0.2) is 52.6 Å². The summed E-state index contributed by atoms with van der Waals surface area (Å²) in [5, 5.41) is 3.38. The highest BCUT2D eigenvalue weighted by molar-refractivity contribution is 5.95. The lowest BCUT2D eigenvalue weighted by Gasteiger charge is -2.36. The molecule has 6 nitrogen and oxygen atoms in total.